The van der Waals surface area contributed by atoms with Gasteiger partial charge in [-0.05, 0) is 55.5 Å². The summed E-state index contributed by atoms with van der Waals surface area (Å²) in [6.07, 6.45) is 0. The van der Waals surface area contributed by atoms with Crippen LogP contribution >= 0.6 is 15.9 Å². The van der Waals surface area contributed by atoms with Crippen LogP contribution in [0.15, 0.2) is 83.3 Å². The van der Waals surface area contributed by atoms with Crippen molar-refractivity contribution >= 4 is 39.1 Å². The van der Waals surface area contributed by atoms with E-state index in [-0.39, 0.29) is 11.8 Å². The molecule has 0 fully saturated rings. The number of hydrogen-bond donors (Lipinski definition) is 1. The van der Waals surface area contributed by atoms with Gasteiger partial charge in [-0.2, -0.15) is 0 Å². The van der Waals surface area contributed by atoms with Crippen molar-refractivity contribution in [3.63, 3.8) is 0 Å². The molecule has 1 N–H and O–H groups in total. The van der Waals surface area contributed by atoms with Crippen molar-refractivity contribution in [3.05, 3.63) is 94.5 Å². The van der Waals surface area contributed by atoms with Gasteiger partial charge in [0.1, 0.15) is 0 Å². The molecule has 3 aromatic rings. The molecule has 136 valence electrons. The van der Waals surface area contributed by atoms with Gasteiger partial charge < -0.3 is 10.2 Å². The van der Waals surface area contributed by atoms with Crippen LogP contribution < -0.4 is 10.2 Å². The Bertz CT molecular complexity index is 940. The molecule has 5 heteroatoms. The number of nitrogens with one attached hydrogen (secondary N) is 1. The number of para-hydroxylation sites is 2. The smallest absolute Gasteiger partial charge is 0.260 e. The van der Waals surface area contributed by atoms with Crippen molar-refractivity contribution in [1.82, 2.24) is 0 Å². The lowest BCUT2D eigenvalue weighted by Gasteiger charge is -2.22. The van der Waals surface area contributed by atoms with Crippen LogP contribution in [-0.2, 0) is 0 Å². The third-order valence-corrected chi connectivity index (χ3v) is 4.67. The van der Waals surface area contributed by atoms with E-state index in [1.165, 1.54) is 0 Å². The van der Waals surface area contributed by atoms with Crippen molar-refractivity contribution in [2.75, 3.05) is 16.8 Å². The molecule has 0 saturated heterocycles. The minimum Gasteiger partial charge on any atom is -0.321 e. The first-order valence-electron chi connectivity index (χ1n) is 8.63. The monoisotopic (exact) mass is 422 g/mol. The molecule has 0 aromatic heterocycles. The molecule has 0 heterocycles. The number of benzene rings is 3. The SMILES string of the molecule is CCN(C(=O)c1ccccc1NC(=O)c1ccc(Br)cc1)c1ccccc1. The summed E-state index contributed by atoms with van der Waals surface area (Å²) in [6.45, 7) is 2.45. The van der Waals surface area contributed by atoms with E-state index in [1.54, 1.807) is 53.4 Å². The zero-order valence-electron chi connectivity index (χ0n) is 14.9. The first-order valence-corrected chi connectivity index (χ1v) is 9.42. The Labute approximate surface area is 167 Å². The van der Waals surface area contributed by atoms with Crippen LogP contribution in [-0.4, -0.2) is 18.4 Å². The largest absolute Gasteiger partial charge is 0.321 e. The molecule has 0 aliphatic heterocycles. The van der Waals surface area contributed by atoms with E-state index >= 15 is 0 Å². The van der Waals surface area contributed by atoms with E-state index in [2.05, 4.69) is 21.2 Å². The van der Waals surface area contributed by atoms with E-state index in [4.69, 9.17) is 0 Å². The first kappa shape index (κ1) is 18.9. The van der Waals surface area contributed by atoms with Crippen LogP contribution in [0.25, 0.3) is 0 Å². The summed E-state index contributed by atoms with van der Waals surface area (Å²) >= 11 is 3.36. The van der Waals surface area contributed by atoms with Gasteiger partial charge in [0.05, 0.1) is 11.3 Å². The molecule has 0 aliphatic carbocycles. The first-order chi connectivity index (χ1) is 13.1. The fourth-order valence-corrected chi connectivity index (χ4v) is 3.04. The number of amides is 2. The second-order valence-electron chi connectivity index (χ2n) is 5.89. The highest BCUT2D eigenvalue weighted by molar-refractivity contribution is 9.10. The lowest BCUT2D eigenvalue weighted by Crippen LogP contribution is -2.31. The molecular formula is C22H19BrN2O2. The van der Waals surface area contributed by atoms with Crippen LogP contribution in [0.5, 0.6) is 0 Å². The van der Waals surface area contributed by atoms with Gasteiger partial charge in [0, 0.05) is 22.3 Å². The fraction of sp³-hybridized carbons (Fsp3) is 0.0909. The van der Waals surface area contributed by atoms with Crippen molar-refractivity contribution in [1.29, 1.82) is 0 Å². The van der Waals surface area contributed by atoms with Gasteiger partial charge in [0.25, 0.3) is 11.8 Å². The molecule has 0 bridgehead atoms. The number of carbonyl (C=O) groups is 2. The molecule has 27 heavy (non-hydrogen) atoms. The minimum atomic E-state index is -0.259. The second kappa shape index (κ2) is 8.64. The molecule has 2 amide bonds. The average molecular weight is 423 g/mol. The second-order valence-corrected chi connectivity index (χ2v) is 6.81. The van der Waals surface area contributed by atoms with E-state index in [0.29, 0.717) is 23.4 Å². The maximum absolute atomic E-state index is 13.1. The van der Waals surface area contributed by atoms with Crippen molar-refractivity contribution in [2.24, 2.45) is 0 Å². The van der Waals surface area contributed by atoms with E-state index in [9.17, 15) is 9.59 Å². The van der Waals surface area contributed by atoms with Gasteiger partial charge >= 0.3 is 0 Å². The summed E-state index contributed by atoms with van der Waals surface area (Å²) < 4.78 is 0.899. The highest BCUT2D eigenvalue weighted by Gasteiger charge is 2.20. The summed E-state index contributed by atoms with van der Waals surface area (Å²) in [5, 5.41) is 2.86. The Balaban J connectivity index is 1.88. The van der Waals surface area contributed by atoms with Gasteiger partial charge in [-0.3, -0.25) is 9.59 Å². The molecule has 0 spiro atoms. The predicted molar refractivity (Wildman–Crippen MR) is 112 cm³/mol. The topological polar surface area (TPSA) is 49.4 Å². The number of halogens is 1. The Hall–Kier alpha value is -2.92. The molecule has 0 radical (unpaired) electrons. The molecule has 0 saturated carbocycles. The third kappa shape index (κ3) is 4.44. The molecule has 3 rings (SSSR count). The zero-order valence-corrected chi connectivity index (χ0v) is 16.4. The standard InChI is InChI=1S/C22H19BrN2O2/c1-2-25(18-8-4-3-5-9-18)22(27)19-10-6-7-11-20(19)24-21(26)16-12-14-17(23)15-13-16/h3-15H,2H2,1H3,(H,24,26). The maximum atomic E-state index is 13.1. The molecular weight excluding hydrogens is 404 g/mol. The molecule has 4 nitrogen and oxygen atoms in total. The summed E-state index contributed by atoms with van der Waals surface area (Å²) in [7, 11) is 0. The fourth-order valence-electron chi connectivity index (χ4n) is 2.77. The van der Waals surface area contributed by atoms with Crippen LogP contribution in [0.3, 0.4) is 0 Å². The number of anilines is 2. The summed E-state index contributed by atoms with van der Waals surface area (Å²) in [6, 6.07) is 23.6. The van der Waals surface area contributed by atoms with Gasteiger partial charge in [-0.15, -0.1) is 0 Å². The number of carbonyl (C=O) groups excluding carboxylic acids is 2. The molecule has 0 unspecified atom stereocenters. The average Bonchev–Trinajstić information content (AvgIpc) is 2.70. The van der Waals surface area contributed by atoms with Crippen LogP contribution in [0, 0.1) is 0 Å². The minimum absolute atomic E-state index is 0.157. The highest BCUT2D eigenvalue weighted by Crippen LogP contribution is 2.22. The Morgan fingerprint density at radius 1 is 0.889 bits per heavy atom. The molecule has 3 aromatic carbocycles. The Morgan fingerprint density at radius 2 is 1.52 bits per heavy atom. The van der Waals surface area contributed by atoms with Gasteiger partial charge in [-0.1, -0.05) is 46.3 Å². The van der Waals surface area contributed by atoms with Crippen LogP contribution in [0.4, 0.5) is 11.4 Å². The zero-order chi connectivity index (χ0) is 19.2. The summed E-state index contributed by atoms with van der Waals surface area (Å²) in [4.78, 5) is 27.4. The lowest BCUT2D eigenvalue weighted by molar-refractivity contribution is 0.0989. The quantitative estimate of drug-likeness (QED) is 0.600. The summed E-state index contributed by atoms with van der Waals surface area (Å²) in [5.74, 6) is -0.416. The van der Waals surface area contributed by atoms with Gasteiger partial charge in [0.15, 0.2) is 0 Å². The van der Waals surface area contributed by atoms with Crippen molar-refractivity contribution in [2.45, 2.75) is 6.92 Å². The van der Waals surface area contributed by atoms with Gasteiger partial charge in [0.2, 0.25) is 0 Å². The van der Waals surface area contributed by atoms with Crippen LogP contribution in [0.2, 0.25) is 0 Å². The van der Waals surface area contributed by atoms with E-state index in [1.807, 2.05) is 37.3 Å². The maximum Gasteiger partial charge on any atom is 0.260 e. The lowest BCUT2D eigenvalue weighted by atomic mass is 10.1. The van der Waals surface area contributed by atoms with E-state index in [0.717, 1.165) is 10.2 Å². The predicted octanol–water partition coefficient (Wildman–Crippen LogP) is 5.37. The molecule has 0 aliphatic rings. The Kier molecular flexibility index (Phi) is 6.04. The van der Waals surface area contributed by atoms with Crippen molar-refractivity contribution in [3.8, 4) is 0 Å². The van der Waals surface area contributed by atoms with E-state index < -0.39 is 0 Å². The summed E-state index contributed by atoms with van der Waals surface area (Å²) in [5.41, 5.74) is 2.29. The van der Waals surface area contributed by atoms with Crippen molar-refractivity contribution < 1.29 is 9.59 Å². The van der Waals surface area contributed by atoms with Crippen LogP contribution in [0.1, 0.15) is 27.6 Å². The number of rotatable bonds is 5. The third-order valence-electron chi connectivity index (χ3n) is 4.14. The Morgan fingerprint density at radius 3 is 2.19 bits per heavy atom. The van der Waals surface area contributed by atoms with Gasteiger partial charge in [-0.25, -0.2) is 0 Å². The highest BCUT2D eigenvalue weighted by atomic mass is 79.9. The number of hydrogen-bond acceptors (Lipinski definition) is 2. The number of nitrogens with zero attached hydrogens (tertiary/aromatic N) is 1. The normalized spacial score (nSPS) is 10.3. The molecule has 0 atom stereocenters.